The Bertz CT molecular complexity index is 453. The van der Waals surface area contributed by atoms with Gasteiger partial charge in [0.05, 0.1) is 0 Å². The molecule has 0 bridgehead atoms. The predicted octanol–water partition coefficient (Wildman–Crippen LogP) is 3.98. The lowest BCUT2D eigenvalue weighted by Crippen LogP contribution is -2.27. The number of hydrogen-bond acceptors (Lipinski definition) is 1. The van der Waals surface area contributed by atoms with E-state index in [1.807, 2.05) is 6.92 Å². The number of hydrogen-bond donors (Lipinski definition) is 1. The van der Waals surface area contributed by atoms with Crippen LogP contribution in [-0.4, -0.2) is 12.5 Å². The summed E-state index contributed by atoms with van der Waals surface area (Å²) >= 11 is 0. The molecule has 0 saturated heterocycles. The molecule has 1 N–H and O–H groups in total. The Balaban J connectivity index is 1.99. The van der Waals surface area contributed by atoms with E-state index in [1.54, 1.807) is 5.56 Å². The van der Waals surface area contributed by atoms with E-state index < -0.39 is 0 Å². The lowest BCUT2D eigenvalue weighted by atomic mass is 9.96. The molecule has 1 aromatic carbocycles. The normalized spacial score (nSPS) is 17.0. The maximum atomic E-state index is 11.6. The average molecular weight is 273 g/mol. The fraction of sp³-hybridized carbons (Fsp3) is 0.611. The molecule has 1 aliphatic carbocycles. The molecule has 110 valence electrons. The van der Waals surface area contributed by atoms with E-state index in [-0.39, 0.29) is 5.91 Å². The maximum absolute atomic E-state index is 11.6. The van der Waals surface area contributed by atoms with Gasteiger partial charge in [-0.3, -0.25) is 4.79 Å². The summed E-state index contributed by atoms with van der Waals surface area (Å²) in [4.78, 5) is 11.6. The molecule has 20 heavy (non-hydrogen) atoms. The molecule has 2 rings (SSSR count). The third-order valence-corrected chi connectivity index (χ3v) is 4.31. The van der Waals surface area contributed by atoms with Gasteiger partial charge in [-0.05, 0) is 48.8 Å². The summed E-state index contributed by atoms with van der Waals surface area (Å²) in [5, 5.41) is 3.09. The summed E-state index contributed by atoms with van der Waals surface area (Å²) in [6, 6.07) is 6.73. The molecular weight excluding hydrogens is 246 g/mol. The van der Waals surface area contributed by atoms with Crippen LogP contribution in [-0.2, 0) is 17.6 Å². The zero-order valence-corrected chi connectivity index (χ0v) is 12.9. The van der Waals surface area contributed by atoms with Crippen LogP contribution in [0.1, 0.15) is 68.6 Å². The largest absolute Gasteiger partial charge is 0.355 e. The van der Waals surface area contributed by atoms with Crippen molar-refractivity contribution in [2.75, 3.05) is 6.54 Å². The van der Waals surface area contributed by atoms with Crippen molar-refractivity contribution >= 4 is 5.91 Å². The molecule has 0 radical (unpaired) electrons. The van der Waals surface area contributed by atoms with Crippen LogP contribution in [0, 0.1) is 0 Å². The zero-order chi connectivity index (χ0) is 14.4. The van der Waals surface area contributed by atoms with Crippen LogP contribution in [0.5, 0.6) is 0 Å². The van der Waals surface area contributed by atoms with Crippen LogP contribution in [0.4, 0.5) is 0 Å². The highest BCUT2D eigenvalue weighted by molar-refractivity contribution is 5.75. The second-order valence-electron chi connectivity index (χ2n) is 5.88. The van der Waals surface area contributed by atoms with E-state index in [1.165, 1.54) is 43.2 Å². The van der Waals surface area contributed by atoms with Gasteiger partial charge in [-0.25, -0.2) is 0 Å². The fourth-order valence-corrected chi connectivity index (χ4v) is 3.18. The van der Waals surface area contributed by atoms with Crippen molar-refractivity contribution in [3.05, 3.63) is 34.9 Å². The van der Waals surface area contributed by atoms with Gasteiger partial charge in [0.2, 0.25) is 5.91 Å². The van der Waals surface area contributed by atoms with Crippen molar-refractivity contribution in [2.24, 2.45) is 0 Å². The zero-order valence-electron chi connectivity index (χ0n) is 12.9. The molecule has 0 aliphatic heterocycles. The Morgan fingerprint density at radius 3 is 2.90 bits per heavy atom. The number of benzene rings is 1. The molecule has 2 heteroatoms. The van der Waals surface area contributed by atoms with Crippen molar-refractivity contribution < 1.29 is 4.79 Å². The molecule has 1 aliphatic rings. The van der Waals surface area contributed by atoms with Crippen molar-refractivity contribution in [3.63, 3.8) is 0 Å². The predicted molar refractivity (Wildman–Crippen MR) is 84.0 cm³/mol. The fourth-order valence-electron chi connectivity index (χ4n) is 3.18. The lowest BCUT2D eigenvalue weighted by Gasteiger charge is -2.14. The van der Waals surface area contributed by atoms with Crippen LogP contribution < -0.4 is 5.32 Å². The van der Waals surface area contributed by atoms with Crippen LogP contribution in [0.2, 0.25) is 0 Å². The summed E-state index contributed by atoms with van der Waals surface area (Å²) in [6.07, 6.45) is 7.67. The number of fused-ring (bicyclic) bond motifs is 1. The molecule has 0 spiro atoms. The lowest BCUT2D eigenvalue weighted by molar-refractivity contribution is -0.121. The summed E-state index contributed by atoms with van der Waals surface area (Å²) in [6.45, 7) is 5.10. The quantitative estimate of drug-likeness (QED) is 0.800. The molecule has 1 unspecified atom stereocenters. The molecule has 0 heterocycles. The minimum absolute atomic E-state index is 0.197. The standard InChI is InChI=1S/C18H27NO/c1-3-5-8-14-9-6-10-16-15(11-12-17(14)16)13-19-18(20)7-4-2/h6,9-10,15H,3-5,7-8,11-13H2,1-2H3,(H,19,20). The number of nitrogens with one attached hydrogen (secondary N) is 1. The Morgan fingerprint density at radius 1 is 1.30 bits per heavy atom. The molecule has 0 saturated carbocycles. The Hall–Kier alpha value is -1.31. The Kier molecular flexibility index (Phi) is 5.63. The molecule has 1 aromatic rings. The SMILES string of the molecule is CCCCc1cccc2c1CCC2CNC(=O)CCC. The van der Waals surface area contributed by atoms with Gasteiger partial charge >= 0.3 is 0 Å². The first kappa shape index (κ1) is 15.1. The second-order valence-corrected chi connectivity index (χ2v) is 5.88. The van der Waals surface area contributed by atoms with E-state index in [4.69, 9.17) is 0 Å². The molecular formula is C18H27NO. The van der Waals surface area contributed by atoms with Crippen molar-refractivity contribution in [1.82, 2.24) is 5.32 Å². The van der Waals surface area contributed by atoms with Gasteiger partial charge in [-0.1, -0.05) is 38.5 Å². The first-order chi connectivity index (χ1) is 9.76. The van der Waals surface area contributed by atoms with E-state index in [9.17, 15) is 4.79 Å². The van der Waals surface area contributed by atoms with Gasteiger partial charge < -0.3 is 5.32 Å². The van der Waals surface area contributed by atoms with Crippen molar-refractivity contribution in [3.8, 4) is 0 Å². The van der Waals surface area contributed by atoms with Crippen LogP contribution >= 0.6 is 0 Å². The Morgan fingerprint density at radius 2 is 2.15 bits per heavy atom. The van der Waals surface area contributed by atoms with E-state index in [0.717, 1.165) is 13.0 Å². The highest BCUT2D eigenvalue weighted by atomic mass is 16.1. The Labute approximate surface area is 123 Å². The molecule has 1 atom stereocenters. The first-order valence-electron chi connectivity index (χ1n) is 8.13. The number of aryl methyl sites for hydroxylation is 1. The highest BCUT2D eigenvalue weighted by Gasteiger charge is 2.24. The van der Waals surface area contributed by atoms with Gasteiger partial charge in [-0.15, -0.1) is 0 Å². The van der Waals surface area contributed by atoms with Gasteiger partial charge in [0.15, 0.2) is 0 Å². The van der Waals surface area contributed by atoms with Crippen LogP contribution in [0.15, 0.2) is 18.2 Å². The van der Waals surface area contributed by atoms with Gasteiger partial charge in [0, 0.05) is 18.9 Å². The number of carbonyl (C=O) groups is 1. The van der Waals surface area contributed by atoms with Crippen molar-refractivity contribution in [1.29, 1.82) is 0 Å². The molecule has 1 amide bonds. The second kappa shape index (κ2) is 7.47. The monoisotopic (exact) mass is 273 g/mol. The third kappa shape index (κ3) is 3.62. The number of carbonyl (C=O) groups excluding carboxylic acids is 1. The topological polar surface area (TPSA) is 29.1 Å². The van der Waals surface area contributed by atoms with Crippen LogP contribution in [0.25, 0.3) is 0 Å². The summed E-state index contributed by atoms with van der Waals surface area (Å²) in [7, 11) is 0. The molecule has 0 fully saturated rings. The van der Waals surface area contributed by atoms with E-state index >= 15 is 0 Å². The third-order valence-electron chi connectivity index (χ3n) is 4.31. The maximum Gasteiger partial charge on any atom is 0.220 e. The summed E-state index contributed by atoms with van der Waals surface area (Å²) < 4.78 is 0. The van der Waals surface area contributed by atoms with E-state index in [2.05, 4.69) is 30.4 Å². The number of rotatable bonds is 7. The highest BCUT2D eigenvalue weighted by Crippen LogP contribution is 2.35. The minimum Gasteiger partial charge on any atom is -0.355 e. The van der Waals surface area contributed by atoms with Crippen LogP contribution in [0.3, 0.4) is 0 Å². The average Bonchev–Trinajstić information content (AvgIpc) is 2.87. The van der Waals surface area contributed by atoms with E-state index in [0.29, 0.717) is 12.3 Å². The van der Waals surface area contributed by atoms with Gasteiger partial charge in [-0.2, -0.15) is 0 Å². The minimum atomic E-state index is 0.197. The first-order valence-corrected chi connectivity index (χ1v) is 8.13. The van der Waals surface area contributed by atoms with Crippen molar-refractivity contribution in [2.45, 2.75) is 64.7 Å². The summed E-state index contributed by atoms with van der Waals surface area (Å²) in [5.74, 6) is 0.718. The number of amides is 1. The summed E-state index contributed by atoms with van der Waals surface area (Å²) in [5.41, 5.74) is 4.58. The van der Waals surface area contributed by atoms with Gasteiger partial charge in [0.25, 0.3) is 0 Å². The molecule has 0 aromatic heterocycles. The smallest absolute Gasteiger partial charge is 0.220 e. The molecule has 2 nitrogen and oxygen atoms in total. The number of unbranched alkanes of at least 4 members (excludes halogenated alkanes) is 1. The van der Waals surface area contributed by atoms with Gasteiger partial charge in [0.1, 0.15) is 0 Å².